The van der Waals surface area contributed by atoms with Gasteiger partial charge in [0.25, 0.3) is 0 Å². The Bertz CT molecular complexity index is 426. The first-order valence-corrected chi connectivity index (χ1v) is 5.06. The van der Waals surface area contributed by atoms with Gasteiger partial charge in [0.05, 0.1) is 0 Å². The van der Waals surface area contributed by atoms with Crippen LogP contribution in [0.2, 0.25) is 5.02 Å². The number of rotatable bonds is 3. The Hall–Kier alpha value is -1.47. The summed E-state index contributed by atoms with van der Waals surface area (Å²) in [5.41, 5.74) is 1.07. The molecule has 2 heteroatoms. The third kappa shape index (κ3) is 3.00. The molecule has 0 saturated heterocycles. The van der Waals surface area contributed by atoms with Crippen molar-refractivity contribution in [3.63, 3.8) is 0 Å². The van der Waals surface area contributed by atoms with Crippen LogP contribution in [-0.4, -0.2) is 0 Å². The third-order valence-electron chi connectivity index (χ3n) is 1.98. The zero-order chi connectivity index (χ0) is 10.5. The normalized spacial score (nSPS) is 9.93. The fourth-order valence-electron chi connectivity index (χ4n) is 1.26. The molecule has 0 aliphatic heterocycles. The van der Waals surface area contributed by atoms with E-state index in [2.05, 4.69) is 6.07 Å². The van der Waals surface area contributed by atoms with E-state index in [1.165, 1.54) is 0 Å². The molecule has 0 aromatic heterocycles. The highest BCUT2D eigenvalue weighted by molar-refractivity contribution is 6.30. The summed E-state index contributed by atoms with van der Waals surface area (Å²) in [4.78, 5) is 0. The molecule has 2 rings (SSSR count). The standard InChI is InChI=1S/C13H10ClO/c14-12-6-4-5-11(9-12)10-15-13-7-2-1-3-8-13/h2-9H,10H2. The van der Waals surface area contributed by atoms with Crippen molar-refractivity contribution < 1.29 is 4.74 Å². The summed E-state index contributed by atoms with van der Waals surface area (Å²) in [7, 11) is 0. The predicted octanol–water partition coefficient (Wildman–Crippen LogP) is 3.72. The van der Waals surface area contributed by atoms with Crippen LogP contribution in [0.15, 0.2) is 48.5 Å². The lowest BCUT2D eigenvalue weighted by Crippen LogP contribution is -1.94. The second-order valence-corrected chi connectivity index (χ2v) is 3.59. The molecule has 0 unspecified atom stereocenters. The van der Waals surface area contributed by atoms with Gasteiger partial charge in [0.2, 0.25) is 0 Å². The van der Waals surface area contributed by atoms with Crippen LogP contribution in [0.4, 0.5) is 0 Å². The maximum Gasteiger partial charge on any atom is 0.119 e. The minimum absolute atomic E-state index is 0.532. The van der Waals surface area contributed by atoms with E-state index in [-0.39, 0.29) is 0 Å². The van der Waals surface area contributed by atoms with Crippen LogP contribution < -0.4 is 4.74 Å². The molecule has 0 saturated carbocycles. The van der Waals surface area contributed by atoms with Gasteiger partial charge in [-0.15, -0.1) is 0 Å². The summed E-state index contributed by atoms with van der Waals surface area (Å²) in [5, 5.41) is 0.734. The average molecular weight is 218 g/mol. The number of halogens is 1. The first kappa shape index (κ1) is 10.1. The maximum absolute atomic E-state index is 5.87. The molecule has 0 bridgehead atoms. The number of ether oxygens (including phenoxy) is 1. The summed E-state index contributed by atoms with van der Waals surface area (Å²) in [6.45, 7) is 0.532. The van der Waals surface area contributed by atoms with Crippen molar-refractivity contribution in [1.82, 2.24) is 0 Å². The van der Waals surface area contributed by atoms with Gasteiger partial charge in [-0.25, -0.2) is 0 Å². The molecular weight excluding hydrogens is 208 g/mol. The molecule has 0 N–H and O–H groups in total. The van der Waals surface area contributed by atoms with Crippen LogP contribution in [0.25, 0.3) is 0 Å². The summed E-state index contributed by atoms with van der Waals surface area (Å²) >= 11 is 5.87. The van der Waals surface area contributed by atoms with Crippen LogP contribution >= 0.6 is 11.6 Å². The molecule has 1 nitrogen and oxygen atoms in total. The Labute approximate surface area is 94.3 Å². The van der Waals surface area contributed by atoms with Crippen molar-refractivity contribution in [3.8, 4) is 5.75 Å². The fraction of sp³-hybridized carbons (Fsp3) is 0.0769. The number of benzene rings is 2. The third-order valence-corrected chi connectivity index (χ3v) is 2.22. The van der Waals surface area contributed by atoms with Gasteiger partial charge >= 0.3 is 0 Å². The zero-order valence-corrected chi connectivity index (χ0v) is 8.87. The highest BCUT2D eigenvalue weighted by Crippen LogP contribution is 2.14. The predicted molar refractivity (Wildman–Crippen MR) is 61.1 cm³/mol. The lowest BCUT2D eigenvalue weighted by Gasteiger charge is -2.05. The monoisotopic (exact) mass is 217 g/mol. The molecule has 75 valence electrons. The first-order valence-electron chi connectivity index (χ1n) is 4.68. The van der Waals surface area contributed by atoms with E-state index in [0.29, 0.717) is 6.61 Å². The molecule has 15 heavy (non-hydrogen) atoms. The van der Waals surface area contributed by atoms with Crippen molar-refractivity contribution in [2.75, 3.05) is 0 Å². The average Bonchev–Trinajstić information content (AvgIpc) is 2.28. The minimum Gasteiger partial charge on any atom is -0.489 e. The Kier molecular flexibility index (Phi) is 3.25. The summed E-state index contributed by atoms with van der Waals surface area (Å²) in [6.07, 6.45) is 0. The molecule has 0 aliphatic rings. The van der Waals surface area contributed by atoms with Crippen LogP contribution in [0.3, 0.4) is 0 Å². The fourth-order valence-corrected chi connectivity index (χ4v) is 1.47. The van der Waals surface area contributed by atoms with Gasteiger partial charge in [0.15, 0.2) is 0 Å². The van der Waals surface area contributed by atoms with Gasteiger partial charge in [0, 0.05) is 5.02 Å². The first-order chi connectivity index (χ1) is 7.34. The quantitative estimate of drug-likeness (QED) is 0.762. The van der Waals surface area contributed by atoms with E-state index in [4.69, 9.17) is 16.3 Å². The second kappa shape index (κ2) is 4.85. The van der Waals surface area contributed by atoms with E-state index in [9.17, 15) is 0 Å². The van der Waals surface area contributed by atoms with Crippen molar-refractivity contribution in [3.05, 3.63) is 65.2 Å². The molecule has 1 radical (unpaired) electrons. The Morgan fingerprint density at radius 2 is 1.93 bits per heavy atom. The lowest BCUT2D eigenvalue weighted by molar-refractivity contribution is 0.306. The van der Waals surface area contributed by atoms with Gasteiger partial charge in [-0.3, -0.25) is 0 Å². The van der Waals surface area contributed by atoms with Gasteiger partial charge in [0.1, 0.15) is 12.4 Å². The SMILES string of the molecule is Clc1cccc(COc2cc[c]cc2)c1. The Morgan fingerprint density at radius 3 is 2.67 bits per heavy atom. The molecule has 0 aliphatic carbocycles. The van der Waals surface area contributed by atoms with Crippen molar-refractivity contribution in [2.45, 2.75) is 6.61 Å². The Balaban J connectivity index is 1.99. The molecule has 2 aromatic rings. The highest BCUT2D eigenvalue weighted by Gasteiger charge is 1.95. The van der Waals surface area contributed by atoms with Crippen LogP contribution in [0.1, 0.15) is 5.56 Å². The van der Waals surface area contributed by atoms with Gasteiger partial charge in [-0.1, -0.05) is 35.9 Å². The molecule has 0 spiro atoms. The van der Waals surface area contributed by atoms with Crippen LogP contribution in [0.5, 0.6) is 5.75 Å². The summed E-state index contributed by atoms with van der Waals surface area (Å²) in [5.74, 6) is 0.841. The smallest absolute Gasteiger partial charge is 0.119 e. The Morgan fingerprint density at radius 1 is 1.13 bits per heavy atom. The van der Waals surface area contributed by atoms with Crippen LogP contribution in [-0.2, 0) is 6.61 Å². The molecule has 0 fully saturated rings. The molecular formula is C13H10ClO. The highest BCUT2D eigenvalue weighted by atomic mass is 35.5. The topological polar surface area (TPSA) is 9.23 Å². The molecule has 2 aromatic carbocycles. The van der Waals surface area contributed by atoms with Gasteiger partial charge < -0.3 is 4.74 Å². The van der Waals surface area contributed by atoms with Gasteiger partial charge in [-0.2, -0.15) is 0 Å². The van der Waals surface area contributed by atoms with E-state index in [0.717, 1.165) is 16.3 Å². The molecule has 0 atom stereocenters. The van der Waals surface area contributed by atoms with Crippen molar-refractivity contribution in [2.24, 2.45) is 0 Å². The van der Waals surface area contributed by atoms with Crippen LogP contribution in [0, 0.1) is 6.07 Å². The zero-order valence-electron chi connectivity index (χ0n) is 8.11. The van der Waals surface area contributed by atoms with Gasteiger partial charge in [-0.05, 0) is 35.9 Å². The van der Waals surface area contributed by atoms with Crippen molar-refractivity contribution >= 4 is 11.6 Å². The molecule has 0 heterocycles. The number of hydrogen-bond acceptors (Lipinski definition) is 1. The van der Waals surface area contributed by atoms with E-state index in [1.54, 1.807) is 0 Å². The van der Waals surface area contributed by atoms with Crippen molar-refractivity contribution in [1.29, 1.82) is 0 Å². The lowest BCUT2D eigenvalue weighted by atomic mass is 10.2. The van der Waals surface area contributed by atoms with E-state index in [1.807, 2.05) is 48.5 Å². The summed E-state index contributed by atoms with van der Waals surface area (Å²) < 4.78 is 5.57. The summed E-state index contributed by atoms with van der Waals surface area (Å²) in [6, 6.07) is 18.0. The number of hydrogen-bond donors (Lipinski definition) is 0. The second-order valence-electron chi connectivity index (χ2n) is 3.15. The maximum atomic E-state index is 5.87. The largest absolute Gasteiger partial charge is 0.489 e. The molecule has 0 amide bonds. The minimum atomic E-state index is 0.532. The van der Waals surface area contributed by atoms with E-state index < -0.39 is 0 Å². The van der Waals surface area contributed by atoms with E-state index >= 15 is 0 Å².